The molecule has 2 N–H and O–H groups in total. The van der Waals surface area contributed by atoms with Crippen molar-refractivity contribution in [3.05, 3.63) is 47.9 Å². The van der Waals surface area contributed by atoms with E-state index in [0.29, 0.717) is 16.5 Å². The van der Waals surface area contributed by atoms with E-state index in [2.05, 4.69) is 15.1 Å². The Labute approximate surface area is 115 Å². The number of hydrogen-bond donors (Lipinski definition) is 1. The number of pyridine rings is 2. The van der Waals surface area contributed by atoms with Crippen LogP contribution in [0, 0.1) is 6.92 Å². The Morgan fingerprint density at radius 2 is 2.16 bits per heavy atom. The molecule has 94 valence electrons. The maximum absolute atomic E-state index is 5.72. The highest BCUT2D eigenvalue weighted by molar-refractivity contribution is 7.80. The van der Waals surface area contributed by atoms with Crippen LogP contribution < -0.4 is 5.73 Å². The first-order valence-electron chi connectivity index (χ1n) is 5.73. The van der Waals surface area contributed by atoms with Crippen LogP contribution in [0.1, 0.15) is 11.3 Å². The molecule has 0 atom stereocenters. The van der Waals surface area contributed by atoms with Gasteiger partial charge in [-0.25, -0.2) is 9.50 Å². The van der Waals surface area contributed by atoms with Crippen LogP contribution in [-0.4, -0.2) is 24.6 Å². The molecule has 19 heavy (non-hydrogen) atoms. The molecule has 0 radical (unpaired) electrons. The average molecular weight is 269 g/mol. The highest BCUT2D eigenvalue weighted by atomic mass is 32.1. The van der Waals surface area contributed by atoms with Gasteiger partial charge in [0.15, 0.2) is 11.5 Å². The molecule has 0 fully saturated rings. The van der Waals surface area contributed by atoms with Gasteiger partial charge in [-0.3, -0.25) is 4.98 Å². The Hall–Kier alpha value is -2.34. The lowest BCUT2D eigenvalue weighted by Gasteiger charge is -2.02. The predicted molar refractivity (Wildman–Crippen MR) is 76.8 cm³/mol. The van der Waals surface area contributed by atoms with Crippen molar-refractivity contribution in [2.75, 3.05) is 0 Å². The van der Waals surface area contributed by atoms with Gasteiger partial charge in [0.1, 0.15) is 4.99 Å². The monoisotopic (exact) mass is 269 g/mol. The Kier molecular flexibility index (Phi) is 2.72. The van der Waals surface area contributed by atoms with Gasteiger partial charge in [-0.05, 0) is 31.2 Å². The number of thiocarbonyl (C=S) groups is 1. The van der Waals surface area contributed by atoms with E-state index in [9.17, 15) is 0 Å². The summed E-state index contributed by atoms with van der Waals surface area (Å²) in [5, 5.41) is 4.48. The fourth-order valence-corrected chi connectivity index (χ4v) is 2.05. The lowest BCUT2D eigenvalue weighted by molar-refractivity contribution is 0.917. The topological polar surface area (TPSA) is 69.1 Å². The van der Waals surface area contributed by atoms with Gasteiger partial charge in [-0.1, -0.05) is 12.2 Å². The van der Waals surface area contributed by atoms with E-state index in [0.717, 1.165) is 16.8 Å². The number of aryl methyl sites for hydroxylation is 1. The summed E-state index contributed by atoms with van der Waals surface area (Å²) in [6.45, 7) is 1.96. The standard InChI is InChI=1S/C13H11N5S/c1-8-4-5-10(11(14)19)13-16-12(17-18(8)13)9-3-2-6-15-7-9/h2-7H,1H3,(H2,14,19). The van der Waals surface area contributed by atoms with E-state index in [1.54, 1.807) is 16.9 Å². The largest absolute Gasteiger partial charge is 0.389 e. The van der Waals surface area contributed by atoms with E-state index in [-0.39, 0.29) is 0 Å². The first-order valence-corrected chi connectivity index (χ1v) is 6.14. The minimum atomic E-state index is 0.315. The smallest absolute Gasteiger partial charge is 0.183 e. The molecule has 3 rings (SSSR count). The van der Waals surface area contributed by atoms with Crippen LogP contribution in [-0.2, 0) is 0 Å². The molecule has 5 nitrogen and oxygen atoms in total. The van der Waals surface area contributed by atoms with E-state index >= 15 is 0 Å². The summed E-state index contributed by atoms with van der Waals surface area (Å²) in [5.41, 5.74) is 8.94. The third-order valence-corrected chi connectivity index (χ3v) is 3.08. The quantitative estimate of drug-likeness (QED) is 0.718. The zero-order valence-corrected chi connectivity index (χ0v) is 11.1. The lowest BCUT2D eigenvalue weighted by atomic mass is 10.2. The molecule has 0 aliphatic rings. The first-order chi connectivity index (χ1) is 9.16. The Balaban J connectivity index is 2.29. The average Bonchev–Trinajstić information content (AvgIpc) is 2.85. The van der Waals surface area contributed by atoms with E-state index < -0.39 is 0 Å². The van der Waals surface area contributed by atoms with Crippen molar-refractivity contribution in [3.63, 3.8) is 0 Å². The normalized spacial score (nSPS) is 10.8. The predicted octanol–water partition coefficient (Wildman–Crippen LogP) is 1.73. The molecule has 0 aromatic carbocycles. The highest BCUT2D eigenvalue weighted by Crippen LogP contribution is 2.18. The van der Waals surface area contributed by atoms with Crippen molar-refractivity contribution in [1.82, 2.24) is 19.6 Å². The summed E-state index contributed by atoms with van der Waals surface area (Å²) < 4.78 is 1.75. The zero-order valence-electron chi connectivity index (χ0n) is 10.2. The Morgan fingerprint density at radius 3 is 2.84 bits per heavy atom. The molecule has 0 unspecified atom stereocenters. The van der Waals surface area contributed by atoms with Crippen LogP contribution in [0.15, 0.2) is 36.7 Å². The van der Waals surface area contributed by atoms with E-state index in [4.69, 9.17) is 18.0 Å². The van der Waals surface area contributed by atoms with E-state index in [1.807, 2.05) is 31.2 Å². The third kappa shape index (κ3) is 1.96. The number of rotatable bonds is 2. The lowest BCUT2D eigenvalue weighted by Crippen LogP contribution is -2.12. The van der Waals surface area contributed by atoms with Crippen molar-refractivity contribution in [2.24, 2.45) is 5.73 Å². The maximum atomic E-state index is 5.72. The van der Waals surface area contributed by atoms with Crippen molar-refractivity contribution in [1.29, 1.82) is 0 Å². The van der Waals surface area contributed by atoms with Gasteiger partial charge in [0.25, 0.3) is 0 Å². The second-order valence-corrected chi connectivity index (χ2v) is 4.60. The summed E-state index contributed by atoms with van der Waals surface area (Å²) in [4.78, 5) is 8.90. The molecule has 0 bridgehead atoms. The Morgan fingerprint density at radius 1 is 1.32 bits per heavy atom. The number of nitrogens with two attached hydrogens (primary N) is 1. The molecule has 3 aromatic rings. The number of fused-ring (bicyclic) bond motifs is 1. The molecule has 0 saturated heterocycles. The van der Waals surface area contributed by atoms with Gasteiger partial charge in [-0.2, -0.15) is 0 Å². The van der Waals surface area contributed by atoms with Crippen LogP contribution >= 0.6 is 12.2 Å². The van der Waals surface area contributed by atoms with Crippen LogP contribution in [0.25, 0.3) is 17.0 Å². The molecular weight excluding hydrogens is 258 g/mol. The zero-order chi connectivity index (χ0) is 13.4. The van der Waals surface area contributed by atoms with Gasteiger partial charge in [0, 0.05) is 23.7 Å². The maximum Gasteiger partial charge on any atom is 0.183 e. The molecule has 0 aliphatic carbocycles. The summed E-state index contributed by atoms with van der Waals surface area (Å²) >= 11 is 5.04. The first kappa shape index (κ1) is 11.7. The second-order valence-electron chi connectivity index (χ2n) is 4.17. The molecule has 6 heteroatoms. The van der Waals surface area contributed by atoms with Crippen LogP contribution in [0.2, 0.25) is 0 Å². The van der Waals surface area contributed by atoms with Crippen molar-refractivity contribution in [2.45, 2.75) is 6.92 Å². The van der Waals surface area contributed by atoms with E-state index in [1.165, 1.54) is 0 Å². The van der Waals surface area contributed by atoms with Crippen LogP contribution in [0.3, 0.4) is 0 Å². The van der Waals surface area contributed by atoms with Crippen molar-refractivity contribution in [3.8, 4) is 11.4 Å². The molecule has 3 heterocycles. The molecule has 0 aliphatic heterocycles. The van der Waals surface area contributed by atoms with Gasteiger partial charge in [-0.15, -0.1) is 5.10 Å². The number of hydrogen-bond acceptors (Lipinski definition) is 4. The molecule has 3 aromatic heterocycles. The fraction of sp³-hybridized carbons (Fsp3) is 0.0769. The molecular formula is C13H11N5S. The van der Waals surface area contributed by atoms with Gasteiger partial charge in [0.05, 0.1) is 5.56 Å². The minimum absolute atomic E-state index is 0.315. The molecule has 0 saturated carbocycles. The van der Waals surface area contributed by atoms with Crippen LogP contribution in [0.4, 0.5) is 0 Å². The Bertz CT molecular complexity index is 763. The summed E-state index contributed by atoms with van der Waals surface area (Å²) in [5.74, 6) is 0.611. The molecule has 0 spiro atoms. The third-order valence-electron chi connectivity index (χ3n) is 2.86. The van der Waals surface area contributed by atoms with Gasteiger partial charge < -0.3 is 5.73 Å². The van der Waals surface area contributed by atoms with Crippen molar-refractivity contribution < 1.29 is 0 Å². The summed E-state index contributed by atoms with van der Waals surface area (Å²) in [6, 6.07) is 7.55. The highest BCUT2D eigenvalue weighted by Gasteiger charge is 2.12. The summed E-state index contributed by atoms with van der Waals surface area (Å²) in [7, 11) is 0. The van der Waals surface area contributed by atoms with Gasteiger partial charge >= 0.3 is 0 Å². The van der Waals surface area contributed by atoms with Gasteiger partial charge in [0.2, 0.25) is 0 Å². The minimum Gasteiger partial charge on any atom is -0.389 e. The van der Waals surface area contributed by atoms with Crippen LogP contribution in [0.5, 0.6) is 0 Å². The van der Waals surface area contributed by atoms with Crippen molar-refractivity contribution >= 4 is 22.9 Å². The number of nitrogens with zero attached hydrogens (tertiary/aromatic N) is 4. The molecule has 0 amide bonds. The SMILES string of the molecule is Cc1ccc(C(N)=S)c2nc(-c3cccnc3)nn12. The summed E-state index contributed by atoms with van der Waals surface area (Å²) in [6.07, 6.45) is 3.44. The fourth-order valence-electron chi connectivity index (χ4n) is 1.89. The second kappa shape index (κ2) is 4.40. The number of aromatic nitrogens is 4.